The Bertz CT molecular complexity index is 326. The lowest BCUT2D eigenvalue weighted by atomic mass is 9.99. The number of hydrogen-bond acceptors (Lipinski definition) is 0. The maximum absolute atomic E-state index is 3.79. The highest BCUT2D eigenvalue weighted by atomic mass is 127. The second kappa shape index (κ2) is 4.61. The Hall–Kier alpha value is -0.570. The molecule has 1 unspecified atom stereocenters. The summed E-state index contributed by atoms with van der Waals surface area (Å²) in [6.07, 6.45) is 3.83. The smallest absolute Gasteiger partial charge is 0.0139 e. The Morgan fingerprint density at radius 1 is 1.31 bits per heavy atom. The molecule has 0 spiro atoms. The molecule has 0 N–H and O–H groups in total. The van der Waals surface area contributed by atoms with Crippen molar-refractivity contribution in [3.05, 3.63) is 52.1 Å². The fraction of sp³-hybridized carbons (Fsp3) is 0.167. The molecule has 1 aromatic carbocycles. The van der Waals surface area contributed by atoms with Gasteiger partial charge >= 0.3 is 0 Å². The number of rotatable bonds is 3. The summed E-state index contributed by atoms with van der Waals surface area (Å²) in [5, 5.41) is 0. The monoisotopic (exact) mass is 284 g/mol. The van der Waals surface area contributed by atoms with E-state index in [4.69, 9.17) is 0 Å². The summed E-state index contributed by atoms with van der Waals surface area (Å²) < 4.78 is 1.25. The SMILES string of the molecule is C=Cc1cc(I)cc(C(C)C=C)c1. The molecule has 13 heavy (non-hydrogen) atoms. The first-order valence-corrected chi connectivity index (χ1v) is 5.30. The van der Waals surface area contributed by atoms with Crippen LogP contribution in [0.3, 0.4) is 0 Å². The maximum Gasteiger partial charge on any atom is 0.0139 e. The average molecular weight is 284 g/mol. The van der Waals surface area contributed by atoms with Crippen LogP contribution in [-0.2, 0) is 0 Å². The summed E-state index contributed by atoms with van der Waals surface area (Å²) >= 11 is 2.32. The number of allylic oxidation sites excluding steroid dienone is 1. The van der Waals surface area contributed by atoms with E-state index in [1.54, 1.807) is 0 Å². The maximum atomic E-state index is 3.79. The summed E-state index contributed by atoms with van der Waals surface area (Å²) in [5.41, 5.74) is 2.48. The van der Waals surface area contributed by atoms with Gasteiger partial charge in [0.2, 0.25) is 0 Å². The van der Waals surface area contributed by atoms with Crippen molar-refractivity contribution < 1.29 is 0 Å². The Morgan fingerprint density at radius 2 is 2.00 bits per heavy atom. The van der Waals surface area contributed by atoms with Gasteiger partial charge in [0.1, 0.15) is 0 Å². The van der Waals surface area contributed by atoms with Crippen LogP contribution in [0.2, 0.25) is 0 Å². The highest BCUT2D eigenvalue weighted by molar-refractivity contribution is 14.1. The molecule has 1 aromatic rings. The molecule has 0 radical (unpaired) electrons. The highest BCUT2D eigenvalue weighted by Crippen LogP contribution is 2.21. The van der Waals surface area contributed by atoms with Crippen LogP contribution in [0.25, 0.3) is 6.08 Å². The van der Waals surface area contributed by atoms with Crippen LogP contribution >= 0.6 is 22.6 Å². The zero-order valence-electron chi connectivity index (χ0n) is 7.76. The van der Waals surface area contributed by atoms with Crippen molar-refractivity contribution in [1.29, 1.82) is 0 Å². The van der Waals surface area contributed by atoms with E-state index in [1.165, 1.54) is 14.7 Å². The molecule has 0 aliphatic heterocycles. The topological polar surface area (TPSA) is 0 Å². The third-order valence-electron chi connectivity index (χ3n) is 2.06. The van der Waals surface area contributed by atoms with Crippen LogP contribution in [0.15, 0.2) is 37.4 Å². The molecule has 0 nitrogen and oxygen atoms in total. The van der Waals surface area contributed by atoms with E-state index >= 15 is 0 Å². The van der Waals surface area contributed by atoms with E-state index in [1.807, 2.05) is 12.2 Å². The molecule has 0 heterocycles. The molecule has 0 saturated carbocycles. The van der Waals surface area contributed by atoms with Crippen molar-refractivity contribution in [3.8, 4) is 0 Å². The predicted octanol–water partition coefficient (Wildman–Crippen LogP) is 4.22. The minimum absolute atomic E-state index is 0.411. The van der Waals surface area contributed by atoms with Crippen LogP contribution in [0, 0.1) is 3.57 Å². The lowest BCUT2D eigenvalue weighted by Crippen LogP contribution is -1.90. The molecule has 1 atom stereocenters. The normalized spacial score (nSPS) is 12.2. The molecule has 0 aliphatic rings. The van der Waals surface area contributed by atoms with Crippen molar-refractivity contribution >= 4 is 28.7 Å². The summed E-state index contributed by atoms with van der Waals surface area (Å²) in [7, 11) is 0. The molecule has 1 heteroatoms. The van der Waals surface area contributed by atoms with Crippen molar-refractivity contribution in [3.63, 3.8) is 0 Å². The van der Waals surface area contributed by atoms with Gasteiger partial charge in [0.05, 0.1) is 0 Å². The summed E-state index contributed by atoms with van der Waals surface area (Å²) in [5.74, 6) is 0.411. The zero-order valence-corrected chi connectivity index (χ0v) is 9.91. The van der Waals surface area contributed by atoms with Crippen molar-refractivity contribution in [2.24, 2.45) is 0 Å². The quantitative estimate of drug-likeness (QED) is 0.575. The molecular formula is C12H13I. The van der Waals surface area contributed by atoms with Crippen molar-refractivity contribution in [2.75, 3.05) is 0 Å². The predicted molar refractivity (Wildman–Crippen MR) is 67.9 cm³/mol. The molecular weight excluding hydrogens is 271 g/mol. The zero-order chi connectivity index (χ0) is 9.84. The molecule has 1 rings (SSSR count). The molecule has 0 fully saturated rings. The Balaban J connectivity index is 3.14. The van der Waals surface area contributed by atoms with Gasteiger partial charge in [0.15, 0.2) is 0 Å². The van der Waals surface area contributed by atoms with E-state index in [0.29, 0.717) is 5.92 Å². The average Bonchev–Trinajstić information content (AvgIpc) is 2.15. The molecule has 0 bridgehead atoms. The molecule has 0 aliphatic carbocycles. The van der Waals surface area contributed by atoms with Gasteiger partial charge in [-0.25, -0.2) is 0 Å². The minimum atomic E-state index is 0.411. The van der Waals surface area contributed by atoms with Crippen LogP contribution in [0.5, 0.6) is 0 Å². The van der Waals surface area contributed by atoms with E-state index in [2.05, 4.69) is 60.9 Å². The van der Waals surface area contributed by atoms with Crippen LogP contribution in [0.1, 0.15) is 24.0 Å². The Kier molecular flexibility index (Phi) is 3.72. The molecule has 0 amide bonds. The minimum Gasteiger partial charge on any atom is -0.102 e. The fourth-order valence-electron chi connectivity index (χ4n) is 1.15. The highest BCUT2D eigenvalue weighted by Gasteiger charge is 2.02. The van der Waals surface area contributed by atoms with E-state index in [-0.39, 0.29) is 0 Å². The summed E-state index contributed by atoms with van der Waals surface area (Å²) in [6, 6.07) is 6.45. The third kappa shape index (κ3) is 2.69. The van der Waals surface area contributed by atoms with Crippen LogP contribution in [-0.4, -0.2) is 0 Å². The van der Waals surface area contributed by atoms with Crippen LogP contribution in [0.4, 0.5) is 0 Å². The number of halogens is 1. The van der Waals surface area contributed by atoms with E-state index < -0.39 is 0 Å². The summed E-state index contributed by atoms with van der Waals surface area (Å²) in [6.45, 7) is 9.71. The molecule has 0 saturated heterocycles. The lowest BCUT2D eigenvalue weighted by molar-refractivity contribution is 0.969. The van der Waals surface area contributed by atoms with Gasteiger partial charge in [0, 0.05) is 3.57 Å². The summed E-state index contributed by atoms with van der Waals surface area (Å²) in [4.78, 5) is 0. The van der Waals surface area contributed by atoms with Gasteiger partial charge in [-0.15, -0.1) is 6.58 Å². The van der Waals surface area contributed by atoms with Gasteiger partial charge in [-0.2, -0.15) is 0 Å². The van der Waals surface area contributed by atoms with Gasteiger partial charge < -0.3 is 0 Å². The van der Waals surface area contributed by atoms with Gasteiger partial charge in [-0.05, 0) is 51.8 Å². The van der Waals surface area contributed by atoms with Gasteiger partial charge in [0.25, 0.3) is 0 Å². The van der Waals surface area contributed by atoms with E-state index in [0.717, 1.165) is 0 Å². The Morgan fingerprint density at radius 3 is 2.54 bits per heavy atom. The first-order chi connectivity index (χ1) is 6.17. The first-order valence-electron chi connectivity index (χ1n) is 4.23. The van der Waals surface area contributed by atoms with Crippen molar-refractivity contribution in [1.82, 2.24) is 0 Å². The largest absolute Gasteiger partial charge is 0.102 e. The molecule has 68 valence electrons. The van der Waals surface area contributed by atoms with Crippen LogP contribution < -0.4 is 0 Å². The van der Waals surface area contributed by atoms with Crippen molar-refractivity contribution in [2.45, 2.75) is 12.8 Å². The lowest BCUT2D eigenvalue weighted by Gasteiger charge is -2.08. The van der Waals surface area contributed by atoms with E-state index in [9.17, 15) is 0 Å². The second-order valence-corrected chi connectivity index (χ2v) is 4.29. The fourth-order valence-corrected chi connectivity index (χ4v) is 1.87. The Labute approximate surface area is 93.5 Å². The van der Waals surface area contributed by atoms with Gasteiger partial charge in [-0.1, -0.05) is 31.7 Å². The molecule has 0 aromatic heterocycles. The first kappa shape index (κ1) is 10.5. The second-order valence-electron chi connectivity index (χ2n) is 3.05. The number of hydrogen-bond donors (Lipinski definition) is 0. The van der Waals surface area contributed by atoms with Gasteiger partial charge in [-0.3, -0.25) is 0 Å². The number of benzene rings is 1. The third-order valence-corrected chi connectivity index (χ3v) is 2.68. The standard InChI is InChI=1S/C12H13I/c1-4-9(3)11-6-10(5-2)7-12(13)8-11/h4-9H,1-2H2,3H3.